The maximum atomic E-state index is 5.55. The van der Waals surface area contributed by atoms with Gasteiger partial charge in [-0.15, -0.1) is 0 Å². The van der Waals surface area contributed by atoms with Gasteiger partial charge in [-0.2, -0.15) is 0 Å². The molecule has 2 heterocycles. The number of rotatable bonds is 8. The minimum Gasteiger partial charge on any atom is -0.237 e. The van der Waals surface area contributed by atoms with Crippen LogP contribution in [0.1, 0.15) is 0 Å². The lowest BCUT2D eigenvalue weighted by Gasteiger charge is -2.19. The molecule has 0 N–H and O–H groups in total. The van der Waals surface area contributed by atoms with E-state index < -0.39 is 8.07 Å². The van der Waals surface area contributed by atoms with E-state index in [2.05, 4.69) is 244 Å². The highest BCUT2D eigenvalue weighted by molar-refractivity contribution is 7.03. The van der Waals surface area contributed by atoms with Crippen LogP contribution >= 0.6 is 0 Å². The topological polar surface area (TPSA) is 25.8 Å². The number of aromatic nitrogens is 2. The molecule has 298 valence electrons. The third-order valence-electron chi connectivity index (χ3n) is 12.6. The Hall–Kier alpha value is -7.72. The van der Waals surface area contributed by atoms with E-state index in [0.29, 0.717) is 0 Å². The van der Waals surface area contributed by atoms with E-state index in [-0.39, 0.29) is 0 Å². The maximum Gasteiger partial charge on any atom is 0.159 e. The van der Waals surface area contributed by atoms with Crippen LogP contribution in [0.2, 0.25) is 13.1 Å². The van der Waals surface area contributed by atoms with Crippen molar-refractivity contribution in [2.24, 2.45) is 0 Å². The van der Waals surface area contributed by atoms with Gasteiger partial charge in [-0.3, -0.25) is 0 Å². The summed E-state index contributed by atoms with van der Waals surface area (Å²) in [6.45, 7) is 4.86. The first kappa shape index (κ1) is 38.2. The molecule has 1 aliphatic heterocycles. The third kappa shape index (κ3) is 7.23. The smallest absolute Gasteiger partial charge is 0.159 e. The Balaban J connectivity index is 1.07. The van der Waals surface area contributed by atoms with Gasteiger partial charge in [0.25, 0.3) is 0 Å². The molecule has 10 aromatic rings. The third-order valence-corrected chi connectivity index (χ3v) is 15.9. The standard InChI is InChI=1S/C60H44N2Si/c1-63(2)56-33-13-12-32-55(56)57-58(50-30-16-26-46(36-50)43-22-10-5-11-23-43)61-59(62-60(57)63)51-31-17-29-49(37-51)54-39-52(47-27-14-24-44(34-47)41-18-6-3-7-19-41)38-53(40-54)48-28-15-25-45(35-48)42-20-8-4-9-21-42/h3-40H,1-2H3. The first-order valence-electron chi connectivity index (χ1n) is 21.7. The summed E-state index contributed by atoms with van der Waals surface area (Å²) in [5.74, 6) is 0.756. The zero-order valence-corrected chi connectivity index (χ0v) is 36.3. The minimum absolute atomic E-state index is 0.756. The van der Waals surface area contributed by atoms with Gasteiger partial charge in [0, 0.05) is 22.0 Å². The zero-order chi connectivity index (χ0) is 42.3. The predicted molar refractivity (Wildman–Crippen MR) is 268 cm³/mol. The van der Waals surface area contributed by atoms with Gasteiger partial charge in [0.05, 0.1) is 5.69 Å². The van der Waals surface area contributed by atoms with Crippen LogP contribution in [0.3, 0.4) is 0 Å². The van der Waals surface area contributed by atoms with Crippen molar-refractivity contribution in [1.29, 1.82) is 0 Å². The molecule has 11 rings (SSSR count). The van der Waals surface area contributed by atoms with Crippen LogP contribution in [-0.4, -0.2) is 18.0 Å². The normalized spacial score (nSPS) is 12.4. The molecule has 0 radical (unpaired) electrons. The molecule has 0 bridgehead atoms. The molecule has 1 aromatic heterocycles. The van der Waals surface area contributed by atoms with E-state index in [1.54, 1.807) is 0 Å². The fourth-order valence-corrected chi connectivity index (χ4v) is 12.3. The summed E-state index contributed by atoms with van der Waals surface area (Å²) in [5.41, 5.74) is 19.6. The molecule has 63 heavy (non-hydrogen) atoms. The fraction of sp³-hybridized carbons (Fsp3) is 0.0333. The van der Waals surface area contributed by atoms with Crippen molar-refractivity contribution in [1.82, 2.24) is 9.97 Å². The van der Waals surface area contributed by atoms with Crippen LogP contribution in [0.5, 0.6) is 0 Å². The largest absolute Gasteiger partial charge is 0.237 e. The highest BCUT2D eigenvalue weighted by Crippen LogP contribution is 2.40. The van der Waals surface area contributed by atoms with Gasteiger partial charge in [-0.25, -0.2) is 9.97 Å². The summed E-state index contributed by atoms with van der Waals surface area (Å²) in [6, 6.07) is 83.3. The molecule has 2 nitrogen and oxygen atoms in total. The van der Waals surface area contributed by atoms with Crippen LogP contribution in [0.4, 0.5) is 0 Å². The number of benzene rings is 9. The first-order chi connectivity index (χ1) is 31.0. The van der Waals surface area contributed by atoms with Crippen LogP contribution in [0.25, 0.3) is 101 Å². The van der Waals surface area contributed by atoms with Crippen molar-refractivity contribution in [2.45, 2.75) is 13.1 Å². The van der Waals surface area contributed by atoms with Gasteiger partial charge in [0.2, 0.25) is 0 Å². The fourth-order valence-electron chi connectivity index (χ4n) is 9.34. The van der Waals surface area contributed by atoms with Crippen LogP contribution in [-0.2, 0) is 0 Å². The van der Waals surface area contributed by atoms with Crippen molar-refractivity contribution < 1.29 is 0 Å². The average Bonchev–Trinajstić information content (AvgIpc) is 3.60. The minimum atomic E-state index is -2.16. The van der Waals surface area contributed by atoms with Crippen LogP contribution in [0.15, 0.2) is 231 Å². The summed E-state index contributed by atoms with van der Waals surface area (Å²) in [6.07, 6.45) is 0. The van der Waals surface area contributed by atoms with E-state index in [0.717, 1.165) is 44.9 Å². The van der Waals surface area contributed by atoms with Crippen molar-refractivity contribution >= 4 is 18.6 Å². The van der Waals surface area contributed by atoms with Gasteiger partial charge >= 0.3 is 0 Å². The number of fused-ring (bicyclic) bond motifs is 3. The second kappa shape index (κ2) is 16.0. The van der Waals surface area contributed by atoms with E-state index in [1.165, 1.54) is 66.1 Å². The van der Waals surface area contributed by atoms with E-state index >= 15 is 0 Å². The highest BCUT2D eigenvalue weighted by atomic mass is 28.3. The number of nitrogens with zero attached hydrogens (tertiary/aromatic N) is 2. The summed E-state index contributed by atoms with van der Waals surface area (Å²) >= 11 is 0. The molecule has 0 amide bonds. The Bertz CT molecular complexity index is 3200. The maximum absolute atomic E-state index is 5.55. The van der Waals surface area contributed by atoms with Crippen molar-refractivity contribution in [3.63, 3.8) is 0 Å². The predicted octanol–water partition coefficient (Wildman–Crippen LogP) is 14.6. The average molecular weight is 821 g/mol. The van der Waals surface area contributed by atoms with Crippen LogP contribution < -0.4 is 10.5 Å². The Morgan fingerprint density at radius 3 is 1.10 bits per heavy atom. The molecule has 0 saturated carbocycles. The Labute approximate surface area is 370 Å². The van der Waals surface area contributed by atoms with Gasteiger partial charge in [-0.05, 0) is 120 Å². The molecule has 1 aliphatic rings. The lowest BCUT2D eigenvalue weighted by atomic mass is 9.91. The molecule has 0 spiro atoms. The van der Waals surface area contributed by atoms with Gasteiger partial charge < -0.3 is 0 Å². The van der Waals surface area contributed by atoms with Crippen molar-refractivity contribution in [3.8, 4) is 101 Å². The molecular weight excluding hydrogens is 777 g/mol. The Kier molecular flexibility index (Phi) is 9.68. The molecular formula is C60H44N2Si. The molecule has 0 fully saturated rings. The van der Waals surface area contributed by atoms with Crippen molar-refractivity contribution in [2.75, 3.05) is 0 Å². The number of hydrogen-bond donors (Lipinski definition) is 0. The lowest BCUT2D eigenvalue weighted by Crippen LogP contribution is -2.50. The molecule has 0 unspecified atom stereocenters. The Morgan fingerprint density at radius 2 is 0.619 bits per heavy atom. The second-order valence-electron chi connectivity index (χ2n) is 17.0. The SMILES string of the molecule is C[Si]1(C)c2ccccc2-c2c(-c3cccc(-c4ccccc4)c3)nc(-c3cccc(-c4cc(-c5cccc(-c6ccccc6)c5)cc(-c5cccc(-c6ccccc6)c5)c4)c3)nc21. The van der Waals surface area contributed by atoms with Gasteiger partial charge in [0.15, 0.2) is 5.82 Å². The summed E-state index contributed by atoms with van der Waals surface area (Å²) in [7, 11) is -2.16. The number of hydrogen-bond acceptors (Lipinski definition) is 2. The summed E-state index contributed by atoms with van der Waals surface area (Å²) < 4.78 is 0. The van der Waals surface area contributed by atoms with E-state index in [1.807, 2.05) is 0 Å². The van der Waals surface area contributed by atoms with Crippen LogP contribution in [0, 0.1) is 0 Å². The van der Waals surface area contributed by atoms with Gasteiger partial charge in [-0.1, -0.05) is 201 Å². The molecule has 0 atom stereocenters. The molecule has 0 aliphatic carbocycles. The van der Waals surface area contributed by atoms with Crippen molar-refractivity contribution in [3.05, 3.63) is 231 Å². The molecule has 0 saturated heterocycles. The lowest BCUT2D eigenvalue weighted by molar-refractivity contribution is 1.21. The quantitative estimate of drug-likeness (QED) is 0.143. The monoisotopic (exact) mass is 820 g/mol. The molecule has 9 aromatic carbocycles. The van der Waals surface area contributed by atoms with E-state index in [4.69, 9.17) is 9.97 Å². The highest BCUT2D eigenvalue weighted by Gasteiger charge is 2.41. The summed E-state index contributed by atoms with van der Waals surface area (Å²) in [5, 5.41) is 2.61. The second-order valence-corrected chi connectivity index (χ2v) is 21.3. The Morgan fingerprint density at radius 1 is 0.286 bits per heavy atom. The summed E-state index contributed by atoms with van der Waals surface area (Å²) in [4.78, 5) is 11.1. The molecule has 3 heteroatoms. The van der Waals surface area contributed by atoms with E-state index in [9.17, 15) is 0 Å². The zero-order valence-electron chi connectivity index (χ0n) is 35.3. The van der Waals surface area contributed by atoms with Gasteiger partial charge in [0.1, 0.15) is 8.07 Å². The first-order valence-corrected chi connectivity index (χ1v) is 24.7.